The Balaban J connectivity index is 2.30. The summed E-state index contributed by atoms with van der Waals surface area (Å²) >= 11 is 0. The number of aliphatic hydroxyl groups excluding tert-OH is 1. The van der Waals surface area contributed by atoms with Gasteiger partial charge in [0.05, 0.1) is 6.17 Å². The van der Waals surface area contributed by atoms with Crippen LogP contribution in [0.5, 0.6) is 0 Å². The molecule has 1 aliphatic heterocycles. The topological polar surface area (TPSA) is 52.7 Å². The van der Waals surface area contributed by atoms with Crippen molar-refractivity contribution >= 4 is 0 Å². The van der Waals surface area contributed by atoms with E-state index < -0.39 is 0 Å². The Kier molecular flexibility index (Phi) is 3.46. The van der Waals surface area contributed by atoms with Gasteiger partial charge in [0.2, 0.25) is 0 Å². The summed E-state index contributed by atoms with van der Waals surface area (Å²) in [4.78, 5) is 4.28. The van der Waals surface area contributed by atoms with Crippen molar-refractivity contribution in [1.82, 2.24) is 9.80 Å². The molecule has 72 valence electrons. The van der Waals surface area contributed by atoms with Crippen LogP contribution in [0.2, 0.25) is 0 Å². The average molecular weight is 173 g/mol. The number of nitrogens with zero attached hydrogens (tertiary/aromatic N) is 2. The lowest BCUT2D eigenvalue weighted by molar-refractivity contribution is -0.0191. The van der Waals surface area contributed by atoms with Crippen LogP contribution in [-0.2, 0) is 0 Å². The summed E-state index contributed by atoms with van der Waals surface area (Å²) in [5.41, 5.74) is 5.73. The minimum Gasteiger partial charge on any atom is -0.379 e. The Morgan fingerprint density at radius 1 is 1.08 bits per heavy atom. The van der Waals surface area contributed by atoms with Gasteiger partial charge in [-0.2, -0.15) is 0 Å². The SMILES string of the molecule is CC(N)N1CCN(C(C)O)CC1. The quantitative estimate of drug-likeness (QED) is 0.577. The van der Waals surface area contributed by atoms with E-state index in [1.54, 1.807) is 0 Å². The molecule has 0 aromatic rings. The van der Waals surface area contributed by atoms with E-state index in [9.17, 15) is 5.11 Å². The van der Waals surface area contributed by atoms with E-state index in [1.807, 2.05) is 13.8 Å². The van der Waals surface area contributed by atoms with E-state index in [1.165, 1.54) is 0 Å². The van der Waals surface area contributed by atoms with E-state index in [-0.39, 0.29) is 12.4 Å². The van der Waals surface area contributed by atoms with Crippen molar-refractivity contribution in [1.29, 1.82) is 0 Å². The van der Waals surface area contributed by atoms with Crippen molar-refractivity contribution in [3.05, 3.63) is 0 Å². The van der Waals surface area contributed by atoms with Crippen LogP contribution in [0, 0.1) is 0 Å². The lowest BCUT2D eigenvalue weighted by Crippen LogP contribution is -2.54. The predicted molar refractivity (Wildman–Crippen MR) is 48.5 cm³/mol. The fraction of sp³-hybridized carbons (Fsp3) is 1.00. The smallest absolute Gasteiger partial charge is 0.104 e. The third-order valence-corrected chi connectivity index (χ3v) is 2.45. The maximum atomic E-state index is 9.28. The normalized spacial score (nSPS) is 27.0. The van der Waals surface area contributed by atoms with Crippen LogP contribution in [-0.4, -0.2) is 53.5 Å². The van der Waals surface area contributed by atoms with Gasteiger partial charge in [-0.25, -0.2) is 0 Å². The van der Waals surface area contributed by atoms with Crippen molar-refractivity contribution in [3.63, 3.8) is 0 Å². The first-order chi connectivity index (χ1) is 5.61. The first kappa shape index (κ1) is 9.92. The van der Waals surface area contributed by atoms with Crippen LogP contribution in [0.15, 0.2) is 0 Å². The fourth-order valence-corrected chi connectivity index (χ4v) is 1.52. The lowest BCUT2D eigenvalue weighted by Gasteiger charge is -2.37. The molecule has 4 nitrogen and oxygen atoms in total. The molecule has 0 aliphatic carbocycles. The van der Waals surface area contributed by atoms with Crippen molar-refractivity contribution in [2.24, 2.45) is 5.73 Å². The van der Waals surface area contributed by atoms with Gasteiger partial charge < -0.3 is 10.8 Å². The molecule has 0 saturated carbocycles. The molecule has 1 fully saturated rings. The third kappa shape index (κ3) is 2.42. The Labute approximate surface area is 73.9 Å². The second kappa shape index (κ2) is 4.18. The molecular formula is C8H19N3O. The van der Waals surface area contributed by atoms with Gasteiger partial charge in [0.1, 0.15) is 6.23 Å². The Morgan fingerprint density at radius 3 is 1.83 bits per heavy atom. The zero-order chi connectivity index (χ0) is 9.14. The zero-order valence-electron chi connectivity index (χ0n) is 7.90. The zero-order valence-corrected chi connectivity index (χ0v) is 7.90. The summed E-state index contributed by atoms with van der Waals surface area (Å²) in [5.74, 6) is 0. The number of hydrogen-bond acceptors (Lipinski definition) is 4. The fourth-order valence-electron chi connectivity index (χ4n) is 1.52. The van der Waals surface area contributed by atoms with Gasteiger partial charge in [-0.05, 0) is 13.8 Å². The van der Waals surface area contributed by atoms with Crippen LogP contribution in [0.25, 0.3) is 0 Å². The molecule has 0 spiro atoms. The summed E-state index contributed by atoms with van der Waals surface area (Å²) in [7, 11) is 0. The van der Waals surface area contributed by atoms with Crippen LogP contribution in [0.3, 0.4) is 0 Å². The van der Waals surface area contributed by atoms with Gasteiger partial charge in [0, 0.05) is 26.2 Å². The molecule has 1 heterocycles. The van der Waals surface area contributed by atoms with E-state index in [2.05, 4.69) is 9.80 Å². The van der Waals surface area contributed by atoms with E-state index in [4.69, 9.17) is 5.73 Å². The van der Waals surface area contributed by atoms with Gasteiger partial charge in [-0.3, -0.25) is 9.80 Å². The van der Waals surface area contributed by atoms with Gasteiger partial charge >= 0.3 is 0 Å². The number of hydrogen-bond donors (Lipinski definition) is 2. The molecule has 1 aliphatic rings. The molecule has 0 bridgehead atoms. The van der Waals surface area contributed by atoms with Crippen LogP contribution in [0.1, 0.15) is 13.8 Å². The standard InChI is InChI=1S/C8H19N3O/c1-7(9)10-3-5-11(6-4-10)8(2)12/h7-8,12H,3-6,9H2,1-2H3. The Hall–Kier alpha value is -0.160. The molecule has 0 aromatic carbocycles. The van der Waals surface area contributed by atoms with Crippen molar-refractivity contribution in [2.75, 3.05) is 26.2 Å². The highest BCUT2D eigenvalue weighted by Gasteiger charge is 2.20. The summed E-state index contributed by atoms with van der Waals surface area (Å²) in [5, 5.41) is 9.28. The van der Waals surface area contributed by atoms with E-state index in [0.29, 0.717) is 0 Å². The molecule has 12 heavy (non-hydrogen) atoms. The maximum Gasteiger partial charge on any atom is 0.104 e. The Bertz CT molecular complexity index is 114. The maximum absolute atomic E-state index is 9.28. The molecule has 1 saturated heterocycles. The van der Waals surface area contributed by atoms with Gasteiger partial charge in [0.25, 0.3) is 0 Å². The van der Waals surface area contributed by atoms with Gasteiger partial charge in [0.15, 0.2) is 0 Å². The summed E-state index contributed by atoms with van der Waals surface area (Å²) in [6, 6.07) is 0. The lowest BCUT2D eigenvalue weighted by atomic mass is 10.3. The molecule has 0 aromatic heterocycles. The Morgan fingerprint density at radius 2 is 1.50 bits per heavy atom. The minimum absolute atomic E-state index is 0.140. The van der Waals surface area contributed by atoms with Crippen molar-refractivity contribution in [2.45, 2.75) is 26.2 Å². The van der Waals surface area contributed by atoms with Gasteiger partial charge in [-0.15, -0.1) is 0 Å². The van der Waals surface area contributed by atoms with Crippen molar-refractivity contribution in [3.8, 4) is 0 Å². The second-order valence-corrected chi connectivity index (χ2v) is 3.44. The van der Waals surface area contributed by atoms with E-state index in [0.717, 1.165) is 26.2 Å². The van der Waals surface area contributed by atoms with Crippen LogP contribution >= 0.6 is 0 Å². The van der Waals surface area contributed by atoms with Crippen LogP contribution < -0.4 is 5.73 Å². The predicted octanol–water partition coefficient (Wildman–Crippen LogP) is -0.753. The first-order valence-electron chi connectivity index (χ1n) is 4.53. The number of aliphatic hydroxyl groups is 1. The molecule has 0 amide bonds. The third-order valence-electron chi connectivity index (χ3n) is 2.45. The highest BCUT2D eigenvalue weighted by Crippen LogP contribution is 2.05. The molecule has 0 radical (unpaired) electrons. The molecule has 3 N–H and O–H groups in total. The van der Waals surface area contributed by atoms with Crippen LogP contribution in [0.4, 0.5) is 0 Å². The van der Waals surface area contributed by atoms with Crippen molar-refractivity contribution < 1.29 is 5.11 Å². The second-order valence-electron chi connectivity index (χ2n) is 3.44. The molecular weight excluding hydrogens is 154 g/mol. The average Bonchev–Trinajstić information content (AvgIpc) is 2.04. The molecule has 4 heteroatoms. The van der Waals surface area contributed by atoms with Gasteiger partial charge in [-0.1, -0.05) is 0 Å². The highest BCUT2D eigenvalue weighted by atomic mass is 16.3. The minimum atomic E-state index is -0.319. The number of nitrogens with two attached hydrogens (primary N) is 1. The molecule has 2 atom stereocenters. The summed E-state index contributed by atoms with van der Waals surface area (Å²) in [6.07, 6.45) is -0.179. The van der Waals surface area contributed by atoms with E-state index >= 15 is 0 Å². The number of rotatable bonds is 2. The molecule has 1 rings (SSSR count). The monoisotopic (exact) mass is 173 g/mol. The highest BCUT2D eigenvalue weighted by molar-refractivity contribution is 4.73. The summed E-state index contributed by atoms with van der Waals surface area (Å²) in [6.45, 7) is 7.56. The summed E-state index contributed by atoms with van der Waals surface area (Å²) < 4.78 is 0. The molecule has 2 unspecified atom stereocenters. The largest absolute Gasteiger partial charge is 0.379 e. The number of piperazine rings is 1. The first-order valence-corrected chi connectivity index (χ1v) is 4.53.